The van der Waals surface area contributed by atoms with E-state index in [1.807, 2.05) is 24.7 Å². The Bertz CT molecular complexity index is 351. The van der Waals surface area contributed by atoms with Gasteiger partial charge < -0.3 is 5.73 Å². The highest BCUT2D eigenvalue weighted by Crippen LogP contribution is 2.22. The zero-order valence-corrected chi connectivity index (χ0v) is 7.38. The van der Waals surface area contributed by atoms with Crippen LogP contribution in [0.5, 0.6) is 0 Å². The van der Waals surface area contributed by atoms with Crippen molar-refractivity contribution in [3.05, 3.63) is 17.6 Å². The third kappa shape index (κ3) is 1.18. The van der Waals surface area contributed by atoms with E-state index in [0.717, 1.165) is 10.7 Å². The van der Waals surface area contributed by atoms with E-state index < -0.39 is 0 Å². The van der Waals surface area contributed by atoms with E-state index in [1.165, 1.54) is 11.3 Å². The van der Waals surface area contributed by atoms with Gasteiger partial charge in [0, 0.05) is 18.6 Å². The van der Waals surface area contributed by atoms with Gasteiger partial charge >= 0.3 is 0 Å². The number of aryl methyl sites for hydroxylation is 1. The zero-order chi connectivity index (χ0) is 8.55. The van der Waals surface area contributed by atoms with Gasteiger partial charge in [-0.25, -0.2) is 4.98 Å². The van der Waals surface area contributed by atoms with Crippen molar-refractivity contribution in [2.75, 3.05) is 5.73 Å². The summed E-state index contributed by atoms with van der Waals surface area (Å²) in [6.45, 7) is 0. The first-order valence-corrected chi connectivity index (χ1v) is 4.35. The Labute approximate surface area is 73.7 Å². The average Bonchev–Trinajstić information content (AvgIpc) is 2.58. The van der Waals surface area contributed by atoms with Crippen molar-refractivity contribution >= 4 is 17.2 Å². The van der Waals surface area contributed by atoms with Gasteiger partial charge in [-0.3, -0.25) is 4.68 Å². The van der Waals surface area contributed by atoms with Gasteiger partial charge in [-0.15, -0.1) is 11.3 Å². The lowest BCUT2D eigenvalue weighted by Crippen LogP contribution is -1.88. The summed E-state index contributed by atoms with van der Waals surface area (Å²) < 4.78 is 1.74. The summed E-state index contributed by atoms with van der Waals surface area (Å²) in [5, 5.41) is 6.88. The molecule has 0 aliphatic carbocycles. The van der Waals surface area contributed by atoms with Crippen molar-refractivity contribution < 1.29 is 0 Å². The fraction of sp³-hybridized carbons (Fsp3) is 0.143. The molecule has 0 unspecified atom stereocenters. The molecule has 0 aromatic carbocycles. The maximum Gasteiger partial charge on any atom is 0.146 e. The van der Waals surface area contributed by atoms with Crippen LogP contribution in [0.15, 0.2) is 17.6 Å². The highest BCUT2D eigenvalue weighted by molar-refractivity contribution is 7.13. The van der Waals surface area contributed by atoms with E-state index in [1.54, 1.807) is 4.68 Å². The number of rotatable bonds is 1. The van der Waals surface area contributed by atoms with E-state index in [-0.39, 0.29) is 0 Å². The monoisotopic (exact) mass is 180 g/mol. The highest BCUT2D eigenvalue weighted by Gasteiger charge is 2.04. The van der Waals surface area contributed by atoms with Crippen LogP contribution in [0.1, 0.15) is 0 Å². The molecule has 0 saturated heterocycles. The molecule has 12 heavy (non-hydrogen) atoms. The molecule has 62 valence electrons. The molecule has 0 fully saturated rings. The number of nitrogens with two attached hydrogens (primary N) is 1. The molecule has 0 aliphatic rings. The molecule has 2 aromatic heterocycles. The summed E-state index contributed by atoms with van der Waals surface area (Å²) >= 11 is 1.50. The van der Waals surface area contributed by atoms with Crippen LogP contribution in [0.2, 0.25) is 0 Å². The second-order valence-electron chi connectivity index (χ2n) is 2.45. The van der Waals surface area contributed by atoms with Gasteiger partial charge in [-0.1, -0.05) is 0 Å². The second-order valence-corrected chi connectivity index (χ2v) is 3.31. The van der Waals surface area contributed by atoms with Crippen molar-refractivity contribution in [2.45, 2.75) is 0 Å². The molecule has 2 aromatic rings. The molecule has 5 heteroatoms. The van der Waals surface area contributed by atoms with Gasteiger partial charge in [0.2, 0.25) is 0 Å². The maximum absolute atomic E-state index is 5.49. The van der Waals surface area contributed by atoms with Gasteiger partial charge in [0.05, 0.1) is 0 Å². The number of thiazole rings is 1. The van der Waals surface area contributed by atoms with Crippen LogP contribution >= 0.6 is 11.3 Å². The van der Waals surface area contributed by atoms with Gasteiger partial charge in [0.15, 0.2) is 0 Å². The summed E-state index contributed by atoms with van der Waals surface area (Å²) in [6.07, 6.45) is 1.88. The number of nitrogen functional groups attached to an aromatic ring is 1. The molecular formula is C7H8N4S. The minimum atomic E-state index is 0.556. The lowest BCUT2D eigenvalue weighted by Gasteiger charge is -1.86. The Kier molecular flexibility index (Phi) is 1.58. The SMILES string of the molecule is Cn1ccc(-c2nc(N)cs2)n1. The minimum absolute atomic E-state index is 0.556. The molecule has 0 atom stereocenters. The normalized spacial score (nSPS) is 10.4. The molecule has 2 N–H and O–H groups in total. The highest BCUT2D eigenvalue weighted by atomic mass is 32.1. The lowest BCUT2D eigenvalue weighted by molar-refractivity contribution is 0.770. The maximum atomic E-state index is 5.49. The Hall–Kier alpha value is -1.36. The van der Waals surface area contributed by atoms with Gasteiger partial charge in [-0.05, 0) is 6.07 Å². The standard InChI is InChI=1S/C7H8N4S/c1-11-3-2-5(10-11)7-9-6(8)4-12-7/h2-4H,8H2,1H3. The first-order chi connectivity index (χ1) is 5.75. The minimum Gasteiger partial charge on any atom is -0.383 e. The molecule has 0 saturated carbocycles. The van der Waals surface area contributed by atoms with Crippen molar-refractivity contribution in [1.82, 2.24) is 14.8 Å². The first-order valence-electron chi connectivity index (χ1n) is 3.47. The molecule has 0 aliphatic heterocycles. The van der Waals surface area contributed by atoms with Crippen molar-refractivity contribution in [1.29, 1.82) is 0 Å². The smallest absolute Gasteiger partial charge is 0.146 e. The molecule has 2 heterocycles. The van der Waals surface area contributed by atoms with Crippen molar-refractivity contribution in [3.8, 4) is 10.7 Å². The number of hydrogen-bond acceptors (Lipinski definition) is 4. The molecule has 0 spiro atoms. The quantitative estimate of drug-likeness (QED) is 0.715. The van der Waals surface area contributed by atoms with E-state index >= 15 is 0 Å². The zero-order valence-electron chi connectivity index (χ0n) is 6.56. The van der Waals surface area contributed by atoms with Crippen LogP contribution in [-0.2, 0) is 7.05 Å². The van der Waals surface area contributed by atoms with Gasteiger partial charge in [0.25, 0.3) is 0 Å². The van der Waals surface area contributed by atoms with E-state index in [0.29, 0.717) is 5.82 Å². The van der Waals surface area contributed by atoms with Gasteiger partial charge in [0.1, 0.15) is 16.5 Å². The molecule has 4 nitrogen and oxygen atoms in total. The average molecular weight is 180 g/mol. The predicted octanol–water partition coefficient (Wildman–Crippen LogP) is 1.13. The summed E-state index contributed by atoms with van der Waals surface area (Å²) in [5.74, 6) is 0.556. The molecule has 0 radical (unpaired) electrons. The molecule has 2 rings (SSSR count). The number of anilines is 1. The summed E-state index contributed by atoms with van der Waals surface area (Å²) in [6, 6.07) is 1.91. The largest absolute Gasteiger partial charge is 0.383 e. The van der Waals surface area contributed by atoms with Crippen LogP contribution < -0.4 is 5.73 Å². The topological polar surface area (TPSA) is 56.7 Å². The van der Waals surface area contributed by atoms with Crippen LogP contribution in [0, 0.1) is 0 Å². The molecule has 0 bridgehead atoms. The predicted molar refractivity (Wildman–Crippen MR) is 48.7 cm³/mol. The fourth-order valence-corrected chi connectivity index (χ4v) is 1.61. The lowest BCUT2D eigenvalue weighted by atomic mass is 10.5. The summed E-state index contributed by atoms with van der Waals surface area (Å²) in [5.41, 5.74) is 6.36. The van der Waals surface area contributed by atoms with Gasteiger partial charge in [-0.2, -0.15) is 5.10 Å². The first kappa shape index (κ1) is 7.30. The number of hydrogen-bond donors (Lipinski definition) is 1. The third-order valence-corrected chi connectivity index (χ3v) is 2.34. The van der Waals surface area contributed by atoms with Crippen molar-refractivity contribution in [2.24, 2.45) is 7.05 Å². The number of nitrogens with zero attached hydrogens (tertiary/aromatic N) is 3. The third-order valence-electron chi connectivity index (χ3n) is 1.45. The Morgan fingerprint density at radius 2 is 2.42 bits per heavy atom. The summed E-state index contributed by atoms with van der Waals surface area (Å²) in [4.78, 5) is 4.11. The van der Waals surface area contributed by atoms with Crippen LogP contribution in [0.4, 0.5) is 5.82 Å². The van der Waals surface area contributed by atoms with Crippen LogP contribution in [-0.4, -0.2) is 14.8 Å². The molecular weight excluding hydrogens is 172 g/mol. The van der Waals surface area contributed by atoms with Crippen LogP contribution in [0.25, 0.3) is 10.7 Å². The van der Waals surface area contributed by atoms with E-state index in [4.69, 9.17) is 5.73 Å². The number of aromatic nitrogens is 3. The Balaban J connectivity index is 2.43. The Morgan fingerprint density at radius 1 is 1.58 bits per heavy atom. The van der Waals surface area contributed by atoms with Crippen LogP contribution in [0.3, 0.4) is 0 Å². The fourth-order valence-electron chi connectivity index (χ4n) is 0.933. The van der Waals surface area contributed by atoms with E-state index in [2.05, 4.69) is 10.1 Å². The van der Waals surface area contributed by atoms with Crippen molar-refractivity contribution in [3.63, 3.8) is 0 Å². The van der Waals surface area contributed by atoms with E-state index in [9.17, 15) is 0 Å². The summed E-state index contributed by atoms with van der Waals surface area (Å²) in [7, 11) is 1.88. The molecule has 0 amide bonds. The second kappa shape index (κ2) is 2.60. The Morgan fingerprint density at radius 3 is 2.92 bits per heavy atom.